The van der Waals surface area contributed by atoms with Gasteiger partial charge < -0.3 is 0 Å². The number of hydrogen-bond acceptors (Lipinski definition) is 3. The maximum Gasteiger partial charge on any atom is 0.239 e. The maximum absolute atomic E-state index is 14.8. The largest absolute Gasteiger partial charge is 0.298 e. The van der Waals surface area contributed by atoms with E-state index in [1.807, 2.05) is 107 Å². The molecule has 3 aromatic carbocycles. The lowest BCUT2D eigenvalue weighted by atomic mass is 9.60. The van der Waals surface area contributed by atoms with E-state index in [0.717, 1.165) is 39.0 Å². The van der Waals surface area contributed by atoms with Crippen molar-refractivity contribution in [3.05, 3.63) is 101 Å². The number of carbonyl (C=O) groups is 3. The Labute approximate surface area is 224 Å². The molecule has 2 bridgehead atoms. The van der Waals surface area contributed by atoms with Gasteiger partial charge in [0.1, 0.15) is 0 Å². The van der Waals surface area contributed by atoms with E-state index in [1.54, 1.807) is 0 Å². The van der Waals surface area contributed by atoms with Gasteiger partial charge in [0.15, 0.2) is 5.78 Å². The van der Waals surface area contributed by atoms with Crippen molar-refractivity contribution in [3.8, 4) is 0 Å². The third kappa shape index (κ3) is 2.78. The summed E-state index contributed by atoms with van der Waals surface area (Å²) in [5.74, 6) is -1.85. The highest BCUT2D eigenvalue weighted by molar-refractivity contribution is 6.35. The number of amides is 2. The molecule has 2 aliphatic carbocycles. The first-order valence-electron chi connectivity index (χ1n) is 13.6. The van der Waals surface area contributed by atoms with E-state index in [4.69, 9.17) is 0 Å². The molecular formula is C34H33NO3. The van der Waals surface area contributed by atoms with Crippen molar-refractivity contribution in [2.75, 3.05) is 4.90 Å². The number of ketones is 1. The van der Waals surface area contributed by atoms with E-state index in [2.05, 4.69) is 0 Å². The van der Waals surface area contributed by atoms with Crippen LogP contribution in [0.1, 0.15) is 54.5 Å². The van der Waals surface area contributed by atoms with Gasteiger partial charge in [-0.1, -0.05) is 92.2 Å². The van der Waals surface area contributed by atoms with Gasteiger partial charge >= 0.3 is 0 Å². The zero-order valence-electron chi connectivity index (χ0n) is 22.7. The number of imide groups is 1. The summed E-state index contributed by atoms with van der Waals surface area (Å²) < 4.78 is 0. The Morgan fingerprint density at radius 2 is 1.05 bits per heavy atom. The Balaban J connectivity index is 1.68. The summed E-state index contributed by atoms with van der Waals surface area (Å²) >= 11 is 0. The Morgan fingerprint density at radius 1 is 0.658 bits per heavy atom. The van der Waals surface area contributed by atoms with Crippen molar-refractivity contribution in [1.29, 1.82) is 0 Å². The minimum Gasteiger partial charge on any atom is -0.298 e. The lowest BCUT2D eigenvalue weighted by molar-refractivity contribution is -0.134. The number of hydrogen-bond donors (Lipinski definition) is 0. The predicted octanol–water partition coefficient (Wildman–Crippen LogP) is 6.72. The summed E-state index contributed by atoms with van der Waals surface area (Å²) in [7, 11) is 0. The van der Waals surface area contributed by atoms with Gasteiger partial charge in [-0.15, -0.1) is 0 Å². The van der Waals surface area contributed by atoms with E-state index in [-0.39, 0.29) is 17.6 Å². The molecule has 0 N–H and O–H groups in total. The number of carbonyl (C=O) groups excluding carboxylic acids is 3. The van der Waals surface area contributed by atoms with Crippen molar-refractivity contribution in [3.63, 3.8) is 0 Å². The fraction of sp³-hybridized carbons (Fsp3) is 0.324. The highest BCUT2D eigenvalue weighted by Crippen LogP contribution is 2.75. The van der Waals surface area contributed by atoms with E-state index in [1.165, 1.54) is 4.90 Å². The van der Waals surface area contributed by atoms with Crippen LogP contribution >= 0.6 is 0 Å². The van der Waals surface area contributed by atoms with Crippen molar-refractivity contribution in [1.82, 2.24) is 0 Å². The first-order valence-corrected chi connectivity index (χ1v) is 13.6. The van der Waals surface area contributed by atoms with Gasteiger partial charge in [0.2, 0.25) is 11.8 Å². The van der Waals surface area contributed by atoms with Gasteiger partial charge in [0.25, 0.3) is 0 Å². The minimum atomic E-state index is -1.05. The Morgan fingerprint density at radius 3 is 1.42 bits per heavy atom. The number of aryl methyl sites for hydroxylation is 3. The third-order valence-corrected chi connectivity index (χ3v) is 9.42. The van der Waals surface area contributed by atoms with E-state index >= 15 is 0 Å². The molecule has 4 atom stereocenters. The molecule has 3 aromatic rings. The second-order valence-electron chi connectivity index (χ2n) is 11.2. The van der Waals surface area contributed by atoms with Gasteiger partial charge in [-0.3, -0.25) is 14.4 Å². The Bertz CT molecular complexity index is 1430. The van der Waals surface area contributed by atoms with Crippen LogP contribution in [0.2, 0.25) is 0 Å². The van der Waals surface area contributed by atoms with Crippen LogP contribution in [0.5, 0.6) is 0 Å². The third-order valence-electron chi connectivity index (χ3n) is 9.42. The molecule has 6 rings (SSSR count). The number of Topliss-reactive ketones (excluding diaryl/α,β-unsaturated/α-hetero) is 1. The van der Waals surface area contributed by atoms with Gasteiger partial charge in [-0.25, -0.2) is 4.90 Å². The monoisotopic (exact) mass is 503 g/mol. The lowest BCUT2D eigenvalue weighted by Gasteiger charge is -2.38. The number of fused-ring (bicyclic) bond motifs is 5. The molecule has 2 fully saturated rings. The molecule has 38 heavy (non-hydrogen) atoms. The summed E-state index contributed by atoms with van der Waals surface area (Å²) in [4.78, 5) is 45.2. The first kappa shape index (κ1) is 24.5. The summed E-state index contributed by atoms with van der Waals surface area (Å²) in [5.41, 5.74) is 5.23. The van der Waals surface area contributed by atoms with Crippen LogP contribution < -0.4 is 4.90 Å². The molecule has 1 aliphatic heterocycles. The molecule has 0 spiro atoms. The number of allylic oxidation sites excluding steroid dienone is 2. The smallest absolute Gasteiger partial charge is 0.239 e. The fourth-order valence-electron chi connectivity index (χ4n) is 8.20. The van der Waals surface area contributed by atoms with Crippen LogP contribution in [0.25, 0.3) is 11.1 Å². The van der Waals surface area contributed by atoms with Crippen LogP contribution in [-0.2, 0) is 14.4 Å². The molecule has 4 heteroatoms. The lowest BCUT2D eigenvalue weighted by Crippen LogP contribution is -2.42. The quantitative estimate of drug-likeness (QED) is 0.363. The van der Waals surface area contributed by atoms with Crippen LogP contribution in [0, 0.1) is 43.4 Å². The number of rotatable bonds is 5. The molecule has 192 valence electrons. The van der Waals surface area contributed by atoms with Gasteiger partial charge in [0, 0.05) is 0 Å². The van der Waals surface area contributed by atoms with Crippen LogP contribution in [-0.4, -0.2) is 17.6 Å². The second kappa shape index (κ2) is 8.36. The van der Waals surface area contributed by atoms with Gasteiger partial charge in [-0.2, -0.15) is 0 Å². The summed E-state index contributed by atoms with van der Waals surface area (Å²) in [6.45, 7) is 9.93. The van der Waals surface area contributed by atoms with E-state index in [0.29, 0.717) is 18.5 Å². The van der Waals surface area contributed by atoms with Crippen LogP contribution in [0.4, 0.5) is 5.69 Å². The molecule has 3 aliphatic rings. The zero-order valence-corrected chi connectivity index (χ0v) is 22.7. The fourth-order valence-corrected chi connectivity index (χ4v) is 8.20. The van der Waals surface area contributed by atoms with Gasteiger partial charge in [0.05, 0.1) is 28.4 Å². The van der Waals surface area contributed by atoms with Crippen molar-refractivity contribution in [2.45, 2.75) is 47.5 Å². The number of anilines is 1. The first-order chi connectivity index (χ1) is 18.3. The van der Waals surface area contributed by atoms with Gasteiger partial charge in [-0.05, 0) is 67.0 Å². The average molecular weight is 504 g/mol. The molecule has 4 nitrogen and oxygen atoms in total. The number of nitrogens with zero attached hydrogens (tertiary/aromatic N) is 1. The average Bonchev–Trinajstić information content (AvgIpc) is 3.41. The topological polar surface area (TPSA) is 54.5 Å². The highest BCUT2D eigenvalue weighted by atomic mass is 16.2. The normalized spacial score (nSPS) is 28.0. The second-order valence-corrected chi connectivity index (χ2v) is 11.2. The van der Waals surface area contributed by atoms with Crippen LogP contribution in [0.3, 0.4) is 0 Å². The molecule has 2 amide bonds. The maximum atomic E-state index is 14.8. The van der Waals surface area contributed by atoms with E-state index < -0.39 is 22.7 Å². The molecule has 1 saturated carbocycles. The summed E-state index contributed by atoms with van der Waals surface area (Å²) in [5, 5.41) is 0. The molecule has 0 radical (unpaired) electrons. The summed E-state index contributed by atoms with van der Waals surface area (Å²) in [6.07, 6.45) is 0.933. The standard InChI is InChI=1S/C34H33NO3/c1-6-33-25(23-14-10-8-11-15-23)26(24-16-12-9-13-17-24)34(7-2,32(33)38)28-27(33)30(36)35(31(28)37)29-21(4)18-20(3)19-22(29)5/h8-19,27-28H,6-7H2,1-5H3/t27-,28+,33-,34+. The zero-order chi connectivity index (χ0) is 27.0. The SMILES string of the molecule is CC[C@]12C(=O)[C@](CC)(C(c3ccccc3)=C1c1ccccc1)[C@H]1C(=O)N(c3c(C)cc(C)cc3C)C(=O)[C@H]12. The van der Waals surface area contributed by atoms with E-state index in [9.17, 15) is 14.4 Å². The Hall–Kier alpha value is -3.79. The molecule has 1 saturated heterocycles. The van der Waals surface area contributed by atoms with Crippen molar-refractivity contribution < 1.29 is 14.4 Å². The van der Waals surface area contributed by atoms with Crippen molar-refractivity contribution >= 4 is 34.4 Å². The minimum absolute atomic E-state index is 0.0430. The summed E-state index contributed by atoms with van der Waals surface area (Å²) in [6, 6.07) is 24.0. The molecule has 0 unspecified atom stereocenters. The molecule has 0 aromatic heterocycles. The highest BCUT2D eigenvalue weighted by Gasteiger charge is 2.80. The predicted molar refractivity (Wildman–Crippen MR) is 150 cm³/mol. The Kier molecular flexibility index (Phi) is 5.40. The van der Waals surface area contributed by atoms with Crippen molar-refractivity contribution in [2.24, 2.45) is 22.7 Å². The molecular weight excluding hydrogens is 470 g/mol. The number of benzene rings is 3. The molecule has 1 heterocycles. The van der Waals surface area contributed by atoms with Crippen LogP contribution in [0.15, 0.2) is 72.8 Å².